The summed E-state index contributed by atoms with van der Waals surface area (Å²) in [5, 5.41) is 3.39. The lowest BCUT2D eigenvalue weighted by atomic mass is 10.1. The quantitative estimate of drug-likeness (QED) is 0.674. The lowest BCUT2D eigenvalue weighted by Crippen LogP contribution is -2.39. The van der Waals surface area contributed by atoms with Crippen molar-refractivity contribution in [2.45, 2.75) is 25.8 Å². The number of piperidine rings is 1. The molecular formula is C10H19N5. The fourth-order valence-corrected chi connectivity index (χ4v) is 2.10. The number of hydrogen-bond acceptors (Lipinski definition) is 4. The monoisotopic (exact) mass is 209 g/mol. The Hall–Kier alpha value is -1.23. The lowest BCUT2D eigenvalue weighted by molar-refractivity contribution is 0.261. The normalized spacial score (nSPS) is 22.9. The molecule has 1 aliphatic rings. The Balaban J connectivity index is 1.99. The van der Waals surface area contributed by atoms with Crippen molar-refractivity contribution in [2.75, 3.05) is 31.2 Å². The number of nitrogen functional groups attached to an aromatic ring is 1. The van der Waals surface area contributed by atoms with Gasteiger partial charge in [-0.3, -0.25) is 0 Å². The average Bonchev–Trinajstić information content (AvgIpc) is 2.45. The molecule has 5 heteroatoms. The number of aromatic nitrogens is 2. The van der Waals surface area contributed by atoms with Gasteiger partial charge in [-0.15, -0.1) is 0 Å². The van der Waals surface area contributed by atoms with Crippen LogP contribution in [0.25, 0.3) is 0 Å². The summed E-state index contributed by atoms with van der Waals surface area (Å²) in [6, 6.07) is 0.466. The molecule has 4 N–H and O–H groups in total. The molecule has 84 valence electrons. The van der Waals surface area contributed by atoms with E-state index in [1.54, 1.807) is 0 Å². The topological polar surface area (TPSA) is 70.0 Å². The van der Waals surface area contributed by atoms with Crippen molar-refractivity contribution < 1.29 is 0 Å². The highest BCUT2D eigenvalue weighted by atomic mass is 15.2. The molecule has 0 spiro atoms. The van der Waals surface area contributed by atoms with E-state index in [0.717, 1.165) is 18.2 Å². The summed E-state index contributed by atoms with van der Waals surface area (Å²) in [5.74, 6) is 2.30. The Morgan fingerprint density at radius 3 is 3.00 bits per heavy atom. The first-order valence-corrected chi connectivity index (χ1v) is 5.42. The van der Waals surface area contributed by atoms with Crippen molar-refractivity contribution in [3.05, 3.63) is 5.82 Å². The average molecular weight is 209 g/mol. The molecule has 1 aromatic heterocycles. The molecule has 0 bridgehead atoms. The molecule has 0 radical (unpaired) electrons. The fourth-order valence-electron chi connectivity index (χ4n) is 2.10. The lowest BCUT2D eigenvalue weighted by Gasteiger charge is -2.30. The zero-order valence-electron chi connectivity index (χ0n) is 9.38. The Labute approximate surface area is 90.1 Å². The van der Waals surface area contributed by atoms with E-state index in [0.29, 0.717) is 11.9 Å². The van der Waals surface area contributed by atoms with Crippen molar-refractivity contribution in [2.24, 2.45) is 0 Å². The van der Waals surface area contributed by atoms with E-state index in [-0.39, 0.29) is 0 Å². The van der Waals surface area contributed by atoms with E-state index in [9.17, 15) is 0 Å². The molecule has 15 heavy (non-hydrogen) atoms. The van der Waals surface area contributed by atoms with Crippen molar-refractivity contribution in [3.8, 4) is 0 Å². The molecule has 5 nitrogen and oxygen atoms in total. The van der Waals surface area contributed by atoms with Crippen LogP contribution >= 0.6 is 0 Å². The number of aromatic amines is 1. The summed E-state index contributed by atoms with van der Waals surface area (Å²) < 4.78 is 0. The standard InChI is InChI=1S/C10H19N5/c1-7-12-9(11)10(13-7)14-8-4-3-5-15(2)6-8/h8,14H,3-6,11H2,1-2H3,(H,12,13). The number of likely N-dealkylation sites (N-methyl/N-ethyl adjacent to an activating group) is 1. The summed E-state index contributed by atoms with van der Waals surface area (Å²) in [4.78, 5) is 9.65. The molecule has 1 atom stereocenters. The predicted octanol–water partition coefficient (Wildman–Crippen LogP) is 0.806. The molecule has 1 unspecified atom stereocenters. The Kier molecular flexibility index (Phi) is 2.81. The minimum atomic E-state index is 0.466. The van der Waals surface area contributed by atoms with Gasteiger partial charge in [-0.1, -0.05) is 0 Å². The third-order valence-electron chi connectivity index (χ3n) is 2.82. The van der Waals surface area contributed by atoms with Gasteiger partial charge in [-0.2, -0.15) is 0 Å². The van der Waals surface area contributed by atoms with Crippen LogP contribution in [0.5, 0.6) is 0 Å². The van der Waals surface area contributed by atoms with Crippen molar-refractivity contribution in [1.29, 1.82) is 0 Å². The molecule has 0 aliphatic carbocycles. The number of nitrogens with one attached hydrogen (secondary N) is 2. The van der Waals surface area contributed by atoms with Crippen LogP contribution in [-0.2, 0) is 0 Å². The summed E-state index contributed by atoms with van der Waals surface area (Å²) in [6.45, 7) is 4.16. The van der Waals surface area contributed by atoms with Crippen LogP contribution in [0.4, 0.5) is 11.6 Å². The van der Waals surface area contributed by atoms with Crippen molar-refractivity contribution >= 4 is 11.6 Å². The van der Waals surface area contributed by atoms with E-state index >= 15 is 0 Å². The number of hydrogen-bond donors (Lipinski definition) is 3. The summed E-state index contributed by atoms with van der Waals surface area (Å²) in [7, 11) is 2.15. The van der Waals surface area contributed by atoms with Gasteiger partial charge in [0, 0.05) is 12.6 Å². The molecule has 2 heterocycles. The van der Waals surface area contributed by atoms with Crippen LogP contribution in [0.2, 0.25) is 0 Å². The van der Waals surface area contributed by atoms with Gasteiger partial charge in [0.2, 0.25) is 0 Å². The van der Waals surface area contributed by atoms with Crippen molar-refractivity contribution in [3.63, 3.8) is 0 Å². The van der Waals surface area contributed by atoms with Crippen molar-refractivity contribution in [1.82, 2.24) is 14.9 Å². The van der Waals surface area contributed by atoms with E-state index in [4.69, 9.17) is 5.73 Å². The van der Waals surface area contributed by atoms with Gasteiger partial charge in [-0.25, -0.2) is 4.98 Å². The summed E-state index contributed by atoms with van der Waals surface area (Å²) in [6.07, 6.45) is 2.42. The number of H-pyrrole nitrogens is 1. The van der Waals surface area contributed by atoms with E-state index < -0.39 is 0 Å². The maximum atomic E-state index is 5.80. The second kappa shape index (κ2) is 4.10. The largest absolute Gasteiger partial charge is 0.382 e. The predicted molar refractivity (Wildman–Crippen MR) is 61.9 cm³/mol. The van der Waals surface area contributed by atoms with Crippen LogP contribution in [-0.4, -0.2) is 41.0 Å². The number of anilines is 2. The molecular weight excluding hydrogens is 190 g/mol. The summed E-state index contributed by atoms with van der Waals surface area (Å²) >= 11 is 0. The maximum absolute atomic E-state index is 5.80. The molecule has 1 fully saturated rings. The highest BCUT2D eigenvalue weighted by Crippen LogP contribution is 2.18. The fraction of sp³-hybridized carbons (Fsp3) is 0.700. The van der Waals surface area contributed by atoms with Gasteiger partial charge < -0.3 is 20.9 Å². The number of aryl methyl sites for hydroxylation is 1. The third kappa shape index (κ3) is 2.41. The van der Waals surface area contributed by atoms with Crippen LogP contribution in [0.1, 0.15) is 18.7 Å². The first-order chi connectivity index (χ1) is 7.15. The van der Waals surface area contributed by atoms with Crippen LogP contribution in [0.15, 0.2) is 0 Å². The number of nitrogens with two attached hydrogens (primary N) is 1. The van der Waals surface area contributed by atoms with E-state index in [2.05, 4.69) is 27.2 Å². The molecule has 1 aromatic rings. The van der Waals surface area contributed by atoms with Crippen LogP contribution in [0.3, 0.4) is 0 Å². The van der Waals surface area contributed by atoms with Gasteiger partial charge in [0.1, 0.15) is 11.6 Å². The van der Waals surface area contributed by atoms with E-state index in [1.165, 1.54) is 19.4 Å². The molecule has 2 rings (SSSR count). The van der Waals surface area contributed by atoms with Gasteiger partial charge >= 0.3 is 0 Å². The zero-order valence-corrected chi connectivity index (χ0v) is 9.38. The van der Waals surface area contributed by atoms with Gasteiger partial charge in [0.25, 0.3) is 0 Å². The molecule has 1 saturated heterocycles. The highest BCUT2D eigenvalue weighted by molar-refractivity contribution is 5.57. The smallest absolute Gasteiger partial charge is 0.169 e. The Morgan fingerprint density at radius 2 is 2.40 bits per heavy atom. The molecule has 0 aromatic carbocycles. The second-order valence-corrected chi connectivity index (χ2v) is 4.33. The first-order valence-electron chi connectivity index (χ1n) is 5.42. The van der Waals surface area contributed by atoms with Crippen LogP contribution < -0.4 is 11.1 Å². The summed E-state index contributed by atoms with van der Waals surface area (Å²) in [5.41, 5.74) is 5.80. The second-order valence-electron chi connectivity index (χ2n) is 4.33. The SMILES string of the molecule is Cc1nc(NC2CCCN(C)C2)c(N)[nH]1. The number of nitrogens with zero attached hydrogens (tertiary/aromatic N) is 2. The maximum Gasteiger partial charge on any atom is 0.169 e. The highest BCUT2D eigenvalue weighted by Gasteiger charge is 2.18. The third-order valence-corrected chi connectivity index (χ3v) is 2.82. The zero-order chi connectivity index (χ0) is 10.8. The molecule has 0 saturated carbocycles. The minimum Gasteiger partial charge on any atom is -0.382 e. The molecule has 0 amide bonds. The number of likely N-dealkylation sites (tertiary alicyclic amines) is 1. The first kappa shape index (κ1) is 10.3. The molecule has 1 aliphatic heterocycles. The van der Waals surface area contributed by atoms with Gasteiger partial charge in [-0.05, 0) is 33.4 Å². The van der Waals surface area contributed by atoms with Gasteiger partial charge in [0.15, 0.2) is 5.82 Å². The van der Waals surface area contributed by atoms with Crippen LogP contribution in [0, 0.1) is 6.92 Å². The van der Waals surface area contributed by atoms with E-state index in [1.807, 2.05) is 6.92 Å². The Morgan fingerprint density at radius 1 is 1.60 bits per heavy atom. The minimum absolute atomic E-state index is 0.466. The number of imidazole rings is 1. The Bertz CT molecular complexity index is 333. The van der Waals surface area contributed by atoms with Gasteiger partial charge in [0.05, 0.1) is 0 Å². The number of rotatable bonds is 2.